The number of carboxylic acids is 1. The molecular weight excluding hydrogens is 667 g/mol. The third kappa shape index (κ3) is 6.87. The number of aromatic nitrogens is 4. The lowest BCUT2D eigenvalue weighted by atomic mass is 10.0. The van der Waals surface area contributed by atoms with E-state index in [9.17, 15) is 23.1 Å². The zero-order valence-corrected chi connectivity index (χ0v) is 26.2. The first-order valence-corrected chi connectivity index (χ1v) is 15.9. The molecule has 0 bridgehead atoms. The van der Waals surface area contributed by atoms with Gasteiger partial charge < -0.3 is 19.1 Å². The van der Waals surface area contributed by atoms with E-state index in [1.807, 2.05) is 0 Å². The van der Waals surface area contributed by atoms with Crippen LogP contribution in [-0.4, -0.2) is 43.3 Å². The SMILES string of the molecule is O=C(O)c1ccc2nc(Cc3cc(F)c(-c4cccc(OCc5ncc(-c6ccc(C(F)(F)F)cc6)s5)n4)cc3F)n(CC3CCO3)c2c1. The smallest absolute Gasteiger partial charge is 0.416 e. The number of imidazole rings is 1. The van der Waals surface area contributed by atoms with Gasteiger partial charge in [-0.25, -0.2) is 28.5 Å². The number of ether oxygens (including phenoxy) is 2. The predicted octanol–water partition coefficient (Wildman–Crippen LogP) is 8.18. The molecule has 0 aliphatic carbocycles. The van der Waals surface area contributed by atoms with Crippen LogP contribution in [0.25, 0.3) is 32.7 Å². The Morgan fingerprint density at radius 3 is 2.53 bits per heavy atom. The number of halogens is 5. The highest BCUT2D eigenvalue weighted by molar-refractivity contribution is 7.15. The normalized spacial score (nSPS) is 14.6. The van der Waals surface area contributed by atoms with Crippen molar-refractivity contribution in [1.82, 2.24) is 19.5 Å². The number of carbonyl (C=O) groups is 1. The van der Waals surface area contributed by atoms with Gasteiger partial charge in [-0.1, -0.05) is 18.2 Å². The fraction of sp³-hybridized carbons (Fsp3) is 0.200. The molecule has 1 aliphatic heterocycles. The van der Waals surface area contributed by atoms with Crippen LogP contribution in [0.2, 0.25) is 0 Å². The number of benzene rings is 3. The molecule has 3 aromatic carbocycles. The summed E-state index contributed by atoms with van der Waals surface area (Å²) in [6, 6.07) is 16.2. The Morgan fingerprint density at radius 2 is 1.82 bits per heavy atom. The summed E-state index contributed by atoms with van der Waals surface area (Å²) in [5, 5.41) is 10.0. The van der Waals surface area contributed by atoms with Crippen molar-refractivity contribution in [2.24, 2.45) is 0 Å². The Morgan fingerprint density at radius 1 is 1.02 bits per heavy atom. The van der Waals surface area contributed by atoms with Gasteiger partial charge in [-0.05, 0) is 66.1 Å². The number of pyridine rings is 1. The van der Waals surface area contributed by atoms with Crippen molar-refractivity contribution in [3.63, 3.8) is 0 Å². The number of hydrogen-bond donors (Lipinski definition) is 1. The standard InChI is InChI=1S/C35H25F5N4O4S/c36-25-15-24(26(37)12-21(25)14-31-42-28-9-6-20(34(45)46)13-29(28)44(31)17-23-10-11-47-23)27-2-1-3-32(43-27)48-18-33-41-16-30(49-33)19-4-7-22(8-5-19)35(38,39)40/h1-9,12-13,15-16,23H,10-11,14,17-18H2,(H,45,46). The summed E-state index contributed by atoms with van der Waals surface area (Å²) in [5.41, 5.74) is 1.15. The summed E-state index contributed by atoms with van der Waals surface area (Å²) in [5.74, 6) is -1.89. The van der Waals surface area contributed by atoms with Crippen LogP contribution in [0.5, 0.6) is 5.88 Å². The lowest BCUT2D eigenvalue weighted by molar-refractivity contribution is -0.137. The number of thiazole rings is 1. The Balaban J connectivity index is 1.08. The van der Waals surface area contributed by atoms with Gasteiger partial charge in [-0.2, -0.15) is 13.2 Å². The summed E-state index contributed by atoms with van der Waals surface area (Å²) >= 11 is 1.24. The largest absolute Gasteiger partial charge is 0.478 e. The van der Waals surface area contributed by atoms with Gasteiger partial charge in [0.05, 0.1) is 45.4 Å². The summed E-state index contributed by atoms with van der Waals surface area (Å²) in [7, 11) is 0. The second kappa shape index (κ2) is 13.0. The summed E-state index contributed by atoms with van der Waals surface area (Å²) in [4.78, 5) is 25.5. The fourth-order valence-corrected chi connectivity index (χ4v) is 6.32. The number of nitrogens with zero attached hydrogens (tertiary/aromatic N) is 4. The van der Waals surface area contributed by atoms with E-state index in [0.29, 0.717) is 45.5 Å². The maximum atomic E-state index is 15.6. The number of alkyl halides is 3. The van der Waals surface area contributed by atoms with Crippen molar-refractivity contribution >= 4 is 28.3 Å². The third-order valence-corrected chi connectivity index (χ3v) is 9.15. The molecule has 0 spiro atoms. The molecule has 1 unspecified atom stereocenters. The van der Waals surface area contributed by atoms with Gasteiger partial charge in [0.2, 0.25) is 5.88 Å². The monoisotopic (exact) mass is 692 g/mol. The van der Waals surface area contributed by atoms with Gasteiger partial charge in [-0.3, -0.25) is 0 Å². The average molecular weight is 693 g/mol. The molecule has 0 saturated carbocycles. The van der Waals surface area contributed by atoms with Crippen molar-refractivity contribution in [1.29, 1.82) is 0 Å². The zero-order valence-electron chi connectivity index (χ0n) is 25.4. The maximum absolute atomic E-state index is 15.6. The van der Waals surface area contributed by atoms with Crippen LogP contribution < -0.4 is 4.74 Å². The first-order chi connectivity index (χ1) is 23.5. The van der Waals surface area contributed by atoms with Crippen LogP contribution in [0.15, 0.2) is 79.0 Å². The molecule has 0 amide bonds. The molecule has 1 saturated heterocycles. The molecule has 1 N–H and O–H groups in total. The predicted molar refractivity (Wildman–Crippen MR) is 170 cm³/mol. The van der Waals surface area contributed by atoms with E-state index in [1.54, 1.807) is 29.0 Å². The van der Waals surface area contributed by atoms with Crippen LogP contribution in [0.4, 0.5) is 22.0 Å². The van der Waals surface area contributed by atoms with E-state index in [1.165, 1.54) is 41.7 Å². The highest BCUT2D eigenvalue weighted by Crippen LogP contribution is 2.33. The number of rotatable bonds is 10. The van der Waals surface area contributed by atoms with E-state index in [2.05, 4.69) is 15.0 Å². The molecule has 8 nitrogen and oxygen atoms in total. The topological polar surface area (TPSA) is 99.4 Å². The molecule has 250 valence electrons. The molecule has 1 aliphatic rings. The van der Waals surface area contributed by atoms with E-state index in [0.717, 1.165) is 30.7 Å². The zero-order chi connectivity index (χ0) is 34.3. The Bertz CT molecular complexity index is 2180. The maximum Gasteiger partial charge on any atom is 0.416 e. The number of hydrogen-bond acceptors (Lipinski definition) is 7. The summed E-state index contributed by atoms with van der Waals surface area (Å²) in [6.45, 7) is 1.01. The Kier molecular flexibility index (Phi) is 8.59. The summed E-state index contributed by atoms with van der Waals surface area (Å²) < 4.78 is 82.9. The molecule has 49 heavy (non-hydrogen) atoms. The molecule has 7 rings (SSSR count). The van der Waals surface area contributed by atoms with E-state index in [-0.39, 0.29) is 47.4 Å². The molecular formula is C35H25F5N4O4S. The van der Waals surface area contributed by atoms with Crippen molar-refractivity contribution in [2.75, 3.05) is 6.61 Å². The van der Waals surface area contributed by atoms with E-state index in [4.69, 9.17) is 9.47 Å². The minimum absolute atomic E-state index is 0.00160. The lowest BCUT2D eigenvalue weighted by Gasteiger charge is -2.27. The number of carboxylic acid groups (broad SMARTS) is 1. The Hall–Kier alpha value is -5.21. The van der Waals surface area contributed by atoms with E-state index >= 15 is 8.78 Å². The molecule has 4 heterocycles. The number of fused-ring (bicyclic) bond motifs is 1. The van der Waals surface area contributed by atoms with Crippen molar-refractivity contribution in [3.8, 4) is 27.6 Å². The van der Waals surface area contributed by atoms with Crippen LogP contribution in [-0.2, 0) is 30.5 Å². The molecule has 6 aromatic rings. The van der Waals surface area contributed by atoms with Crippen LogP contribution in [0.1, 0.15) is 38.7 Å². The average Bonchev–Trinajstić information content (AvgIpc) is 3.67. The molecule has 0 radical (unpaired) electrons. The minimum Gasteiger partial charge on any atom is -0.478 e. The van der Waals surface area contributed by atoms with E-state index < -0.39 is 29.3 Å². The lowest BCUT2D eigenvalue weighted by Crippen LogP contribution is -2.31. The number of aromatic carboxylic acids is 1. The molecule has 14 heteroatoms. The van der Waals surface area contributed by atoms with Gasteiger partial charge in [0.1, 0.15) is 29.1 Å². The van der Waals surface area contributed by atoms with Crippen LogP contribution in [0.3, 0.4) is 0 Å². The van der Waals surface area contributed by atoms with Crippen LogP contribution >= 0.6 is 11.3 Å². The highest BCUT2D eigenvalue weighted by Gasteiger charge is 2.30. The van der Waals surface area contributed by atoms with Crippen LogP contribution in [0, 0.1) is 11.6 Å². The third-order valence-electron chi connectivity index (χ3n) is 8.13. The van der Waals surface area contributed by atoms with Crippen molar-refractivity contribution in [2.45, 2.75) is 38.3 Å². The molecule has 3 aromatic heterocycles. The minimum atomic E-state index is -4.43. The highest BCUT2D eigenvalue weighted by atomic mass is 32.1. The van der Waals surface area contributed by atoms with Crippen molar-refractivity contribution in [3.05, 3.63) is 118 Å². The fourth-order valence-electron chi connectivity index (χ4n) is 5.48. The first-order valence-electron chi connectivity index (χ1n) is 15.1. The van der Waals surface area contributed by atoms with Gasteiger partial charge in [-0.15, -0.1) is 11.3 Å². The quantitative estimate of drug-likeness (QED) is 0.145. The second-order valence-electron chi connectivity index (χ2n) is 11.4. The molecule has 1 fully saturated rings. The molecule has 1 atom stereocenters. The van der Waals surface area contributed by atoms with Gasteiger partial charge >= 0.3 is 12.1 Å². The Labute approximate surface area is 279 Å². The summed E-state index contributed by atoms with van der Waals surface area (Å²) in [6.07, 6.45) is -2.21. The van der Waals surface area contributed by atoms with Gasteiger partial charge in [0, 0.05) is 30.9 Å². The van der Waals surface area contributed by atoms with Gasteiger partial charge in [0.15, 0.2) is 0 Å². The van der Waals surface area contributed by atoms with Gasteiger partial charge in [0.25, 0.3) is 0 Å². The van der Waals surface area contributed by atoms with Crippen molar-refractivity contribution < 1.29 is 41.3 Å². The first kappa shape index (κ1) is 32.3. The second-order valence-corrected chi connectivity index (χ2v) is 12.5.